The molecule has 0 spiro atoms. The highest BCUT2D eigenvalue weighted by Crippen LogP contribution is 2.21. The third-order valence-corrected chi connectivity index (χ3v) is 8.46. The van der Waals surface area contributed by atoms with Gasteiger partial charge in [-0.2, -0.15) is 0 Å². The van der Waals surface area contributed by atoms with Crippen LogP contribution in [0.1, 0.15) is 207 Å². The van der Waals surface area contributed by atoms with Crippen molar-refractivity contribution in [3.05, 3.63) is 0 Å². The largest absolute Gasteiger partial charge is 0.392 e. The summed E-state index contributed by atoms with van der Waals surface area (Å²) in [4.78, 5) is 12.1. The molecule has 2 unspecified atom stereocenters. The summed E-state index contributed by atoms with van der Waals surface area (Å²) >= 11 is 0. The van der Waals surface area contributed by atoms with E-state index < -0.39 is 6.10 Å². The maximum absolute atomic E-state index is 12.1. The van der Waals surface area contributed by atoms with Gasteiger partial charge in [0, 0.05) is 5.92 Å². The zero-order valence-electron chi connectivity index (χ0n) is 26.0. The molecule has 0 fully saturated rings. The number of carbonyl (C=O) groups excluding carboxylic acids is 1. The van der Waals surface area contributed by atoms with Crippen molar-refractivity contribution < 1.29 is 9.90 Å². The van der Waals surface area contributed by atoms with Crippen LogP contribution in [-0.2, 0) is 4.79 Å². The van der Waals surface area contributed by atoms with E-state index in [2.05, 4.69) is 13.8 Å². The molecule has 2 nitrogen and oxygen atoms in total. The average molecular weight is 523 g/mol. The summed E-state index contributed by atoms with van der Waals surface area (Å²) in [5, 5.41) is 10.6. The van der Waals surface area contributed by atoms with Crippen molar-refractivity contribution in [3.63, 3.8) is 0 Å². The fraction of sp³-hybridized carbons (Fsp3) is 0.971. The zero-order valence-corrected chi connectivity index (χ0v) is 26.0. The maximum Gasteiger partial charge on any atom is 0.135 e. The highest BCUT2D eigenvalue weighted by atomic mass is 16.3. The van der Waals surface area contributed by atoms with Gasteiger partial charge in [-0.3, -0.25) is 4.79 Å². The van der Waals surface area contributed by atoms with E-state index >= 15 is 0 Å². The van der Waals surface area contributed by atoms with Gasteiger partial charge in [0.1, 0.15) is 5.78 Å². The standard InChI is InChI=1S/C35H70O2/c1-4-6-8-10-12-14-15-16-17-18-19-20-21-22-24-26-28-30-32-35(37)34(33(3)36)31-29-27-25-23-13-11-9-7-5-2/h34-35,37H,4-32H2,1-3H3. The third-order valence-electron chi connectivity index (χ3n) is 8.46. The van der Waals surface area contributed by atoms with Crippen molar-refractivity contribution in [3.8, 4) is 0 Å². The minimum atomic E-state index is -0.424. The second-order valence-corrected chi connectivity index (χ2v) is 12.2. The molecule has 222 valence electrons. The molecule has 0 heterocycles. The lowest BCUT2D eigenvalue weighted by atomic mass is 9.88. The van der Waals surface area contributed by atoms with Crippen LogP contribution in [0.3, 0.4) is 0 Å². The SMILES string of the molecule is CCCCCCCCCCCCCCCCCCCCC(O)C(CCCCCCCCCCC)C(C)=O. The zero-order chi connectivity index (χ0) is 27.2. The fourth-order valence-corrected chi connectivity index (χ4v) is 5.80. The van der Waals surface area contributed by atoms with E-state index in [1.165, 1.54) is 161 Å². The fourth-order valence-electron chi connectivity index (χ4n) is 5.80. The van der Waals surface area contributed by atoms with E-state index in [0.29, 0.717) is 0 Å². The maximum atomic E-state index is 12.1. The van der Waals surface area contributed by atoms with E-state index in [0.717, 1.165) is 25.7 Å². The lowest BCUT2D eigenvalue weighted by molar-refractivity contribution is -0.124. The topological polar surface area (TPSA) is 37.3 Å². The number of carbonyl (C=O) groups is 1. The lowest BCUT2D eigenvalue weighted by Crippen LogP contribution is -2.26. The molecular weight excluding hydrogens is 452 g/mol. The van der Waals surface area contributed by atoms with Gasteiger partial charge in [-0.25, -0.2) is 0 Å². The van der Waals surface area contributed by atoms with Crippen LogP contribution in [0.5, 0.6) is 0 Å². The molecule has 0 aliphatic heterocycles. The number of aliphatic hydroxyl groups is 1. The first-order chi connectivity index (χ1) is 18.1. The number of rotatable bonds is 31. The molecule has 37 heavy (non-hydrogen) atoms. The van der Waals surface area contributed by atoms with Crippen LogP contribution < -0.4 is 0 Å². The molecular formula is C35H70O2. The summed E-state index contributed by atoms with van der Waals surface area (Å²) in [6.45, 7) is 6.23. The first kappa shape index (κ1) is 36.6. The molecule has 1 N–H and O–H groups in total. The number of ketones is 1. The molecule has 0 aliphatic rings. The number of hydrogen-bond donors (Lipinski definition) is 1. The van der Waals surface area contributed by atoms with Crippen LogP contribution in [0.2, 0.25) is 0 Å². The van der Waals surface area contributed by atoms with Gasteiger partial charge in [0.25, 0.3) is 0 Å². The second-order valence-electron chi connectivity index (χ2n) is 12.2. The molecule has 0 aromatic rings. The first-order valence-corrected chi connectivity index (χ1v) is 17.3. The molecule has 0 rings (SSSR count). The van der Waals surface area contributed by atoms with Gasteiger partial charge in [0.2, 0.25) is 0 Å². The van der Waals surface area contributed by atoms with Gasteiger partial charge in [-0.15, -0.1) is 0 Å². The Morgan fingerprint density at radius 1 is 0.432 bits per heavy atom. The summed E-state index contributed by atoms with van der Waals surface area (Å²) in [5.41, 5.74) is 0. The van der Waals surface area contributed by atoms with Crippen LogP contribution in [0, 0.1) is 5.92 Å². The van der Waals surface area contributed by atoms with Gasteiger partial charge in [0.05, 0.1) is 6.10 Å². The predicted octanol–water partition coefficient (Wildman–Crippen LogP) is 11.9. The van der Waals surface area contributed by atoms with Crippen LogP contribution >= 0.6 is 0 Å². The number of hydrogen-bond acceptors (Lipinski definition) is 2. The molecule has 0 saturated carbocycles. The molecule has 2 heteroatoms. The smallest absolute Gasteiger partial charge is 0.135 e. The van der Waals surface area contributed by atoms with Crippen molar-refractivity contribution in [1.29, 1.82) is 0 Å². The Hall–Kier alpha value is -0.370. The number of aliphatic hydroxyl groups excluding tert-OH is 1. The van der Waals surface area contributed by atoms with Gasteiger partial charge in [-0.1, -0.05) is 187 Å². The summed E-state index contributed by atoms with van der Waals surface area (Å²) in [5.74, 6) is 0.0600. The third kappa shape index (κ3) is 27.0. The van der Waals surface area contributed by atoms with Crippen LogP contribution in [0.25, 0.3) is 0 Å². The summed E-state index contributed by atoms with van der Waals surface area (Å²) in [7, 11) is 0. The van der Waals surface area contributed by atoms with Crippen LogP contribution in [-0.4, -0.2) is 17.0 Å². The van der Waals surface area contributed by atoms with Gasteiger partial charge in [0.15, 0.2) is 0 Å². The Morgan fingerprint density at radius 3 is 0.946 bits per heavy atom. The monoisotopic (exact) mass is 523 g/mol. The minimum absolute atomic E-state index is 0.129. The summed E-state index contributed by atoms with van der Waals surface area (Å²) < 4.78 is 0. The number of unbranched alkanes of at least 4 members (excludes halogenated alkanes) is 25. The summed E-state index contributed by atoms with van der Waals surface area (Å²) in [6.07, 6.45) is 37.8. The predicted molar refractivity (Wildman–Crippen MR) is 165 cm³/mol. The average Bonchev–Trinajstić information content (AvgIpc) is 2.88. The highest BCUT2D eigenvalue weighted by molar-refractivity contribution is 5.78. The van der Waals surface area contributed by atoms with Crippen LogP contribution in [0.4, 0.5) is 0 Å². The van der Waals surface area contributed by atoms with Gasteiger partial charge < -0.3 is 5.11 Å². The van der Waals surface area contributed by atoms with Gasteiger partial charge >= 0.3 is 0 Å². The lowest BCUT2D eigenvalue weighted by Gasteiger charge is -2.20. The van der Waals surface area contributed by atoms with Crippen molar-refractivity contribution in [2.75, 3.05) is 0 Å². The van der Waals surface area contributed by atoms with Crippen LogP contribution in [0.15, 0.2) is 0 Å². The Bertz CT molecular complexity index is 447. The minimum Gasteiger partial charge on any atom is -0.392 e. The quantitative estimate of drug-likeness (QED) is 0.0919. The molecule has 0 aromatic carbocycles. The molecule has 0 amide bonds. The van der Waals surface area contributed by atoms with Crippen molar-refractivity contribution >= 4 is 5.78 Å². The van der Waals surface area contributed by atoms with Crippen molar-refractivity contribution in [1.82, 2.24) is 0 Å². The Morgan fingerprint density at radius 2 is 0.676 bits per heavy atom. The summed E-state index contributed by atoms with van der Waals surface area (Å²) in [6, 6.07) is 0. The Balaban J connectivity index is 3.48. The van der Waals surface area contributed by atoms with E-state index in [1.54, 1.807) is 6.92 Å². The second kappa shape index (κ2) is 30.2. The van der Waals surface area contributed by atoms with E-state index in [9.17, 15) is 9.90 Å². The normalized spacial score (nSPS) is 13.2. The van der Waals surface area contributed by atoms with E-state index in [-0.39, 0.29) is 11.7 Å². The Labute approximate surface area is 234 Å². The first-order valence-electron chi connectivity index (χ1n) is 17.3. The van der Waals surface area contributed by atoms with Crippen molar-refractivity contribution in [2.45, 2.75) is 213 Å². The molecule has 0 bridgehead atoms. The molecule has 0 aliphatic carbocycles. The highest BCUT2D eigenvalue weighted by Gasteiger charge is 2.22. The number of Topliss-reactive ketones (excluding diaryl/α,β-unsaturated/α-hetero) is 1. The molecule has 2 atom stereocenters. The molecule has 0 saturated heterocycles. The van der Waals surface area contributed by atoms with E-state index in [1.807, 2.05) is 0 Å². The van der Waals surface area contributed by atoms with E-state index in [4.69, 9.17) is 0 Å². The molecule has 0 radical (unpaired) electrons. The molecule has 0 aromatic heterocycles. The van der Waals surface area contributed by atoms with Gasteiger partial charge in [-0.05, 0) is 19.8 Å². The van der Waals surface area contributed by atoms with Crippen molar-refractivity contribution in [2.24, 2.45) is 5.92 Å². The Kier molecular flexibility index (Phi) is 29.9.